The van der Waals surface area contributed by atoms with Crippen molar-refractivity contribution in [3.8, 4) is 11.1 Å². The molecule has 0 aliphatic carbocycles. The number of ketones is 1. The molecule has 2 aromatic carbocycles. The van der Waals surface area contributed by atoms with Crippen LogP contribution in [-0.2, 0) is 18.4 Å². The molecule has 7 nitrogen and oxygen atoms in total. The Balaban J connectivity index is 1.72. The van der Waals surface area contributed by atoms with Gasteiger partial charge in [0, 0.05) is 42.6 Å². The standard InChI is InChI=1S/C26H21F4N5O2/c1-34-19-10-14(26(29)30)21(23(32)24(19)33-20(34)11-37-2)13-4-3-7-35-17(13)5-6-18(35)25(36)12-8-15(27)22(31)16(28)9-12/h3-10,26H,11,31-32H2,1-2H3. The summed E-state index contributed by atoms with van der Waals surface area (Å²) in [5, 5.41) is 0. The van der Waals surface area contributed by atoms with Crippen molar-refractivity contribution >= 4 is 33.7 Å². The number of halogens is 4. The van der Waals surface area contributed by atoms with Gasteiger partial charge < -0.3 is 25.2 Å². The van der Waals surface area contributed by atoms with E-state index >= 15 is 0 Å². The highest BCUT2D eigenvalue weighted by molar-refractivity contribution is 6.10. The second-order valence-electron chi connectivity index (χ2n) is 8.52. The van der Waals surface area contributed by atoms with Gasteiger partial charge in [-0.3, -0.25) is 4.79 Å². The minimum absolute atomic E-state index is 0.0515. The van der Waals surface area contributed by atoms with Gasteiger partial charge in [-0.05, 0) is 36.4 Å². The Hall–Kier alpha value is -4.38. The minimum Gasteiger partial charge on any atom is -0.396 e. The number of aryl methyl sites for hydroxylation is 1. The Morgan fingerprint density at radius 1 is 1.05 bits per heavy atom. The number of alkyl halides is 2. The van der Waals surface area contributed by atoms with Gasteiger partial charge in [0.2, 0.25) is 5.78 Å². The zero-order valence-corrected chi connectivity index (χ0v) is 19.7. The number of hydrogen-bond donors (Lipinski definition) is 2. The van der Waals surface area contributed by atoms with E-state index in [0.717, 1.165) is 12.1 Å². The molecule has 5 aromatic rings. The zero-order chi connectivity index (χ0) is 26.6. The van der Waals surface area contributed by atoms with Crippen LogP contribution >= 0.6 is 0 Å². The summed E-state index contributed by atoms with van der Waals surface area (Å²) >= 11 is 0. The first-order valence-electron chi connectivity index (χ1n) is 11.1. The summed E-state index contributed by atoms with van der Waals surface area (Å²) in [6.45, 7) is 0.163. The van der Waals surface area contributed by atoms with Crippen LogP contribution in [0.4, 0.5) is 28.9 Å². The Kier molecular flexibility index (Phi) is 5.87. The molecule has 0 spiro atoms. The Morgan fingerprint density at radius 2 is 1.76 bits per heavy atom. The van der Waals surface area contributed by atoms with Gasteiger partial charge in [0.15, 0.2) is 0 Å². The second-order valence-corrected chi connectivity index (χ2v) is 8.52. The number of pyridine rings is 1. The fourth-order valence-corrected chi connectivity index (χ4v) is 4.55. The van der Waals surface area contributed by atoms with E-state index in [9.17, 15) is 22.4 Å². The fourth-order valence-electron chi connectivity index (χ4n) is 4.55. The largest absolute Gasteiger partial charge is 0.396 e. The molecule has 0 bridgehead atoms. The SMILES string of the molecule is COCc1nc2c(N)c(-c3cccn4c(C(=O)c5cc(F)c(N)c(F)c5)ccc34)c(C(F)F)cc2n1C. The van der Waals surface area contributed by atoms with Crippen molar-refractivity contribution in [2.45, 2.75) is 13.0 Å². The number of hydrogen-bond acceptors (Lipinski definition) is 5. The van der Waals surface area contributed by atoms with Gasteiger partial charge in [-0.1, -0.05) is 6.07 Å². The van der Waals surface area contributed by atoms with Gasteiger partial charge in [0.25, 0.3) is 6.43 Å². The molecule has 0 aliphatic heterocycles. The number of methoxy groups -OCH3 is 1. The van der Waals surface area contributed by atoms with Crippen LogP contribution < -0.4 is 11.5 Å². The van der Waals surface area contributed by atoms with Crippen molar-refractivity contribution in [1.82, 2.24) is 14.0 Å². The van der Waals surface area contributed by atoms with E-state index in [4.69, 9.17) is 16.2 Å². The number of nitrogens with zero attached hydrogens (tertiary/aromatic N) is 3. The molecule has 4 N–H and O–H groups in total. The van der Waals surface area contributed by atoms with Crippen LogP contribution in [0.2, 0.25) is 0 Å². The van der Waals surface area contributed by atoms with Crippen molar-refractivity contribution in [1.29, 1.82) is 0 Å². The molecule has 0 saturated carbocycles. The summed E-state index contributed by atoms with van der Waals surface area (Å²) in [6, 6.07) is 9.22. The molecule has 37 heavy (non-hydrogen) atoms. The number of carbonyl (C=O) groups excluding carboxylic acids is 1. The third-order valence-electron chi connectivity index (χ3n) is 6.38. The lowest BCUT2D eigenvalue weighted by molar-refractivity contribution is 0.103. The van der Waals surface area contributed by atoms with Gasteiger partial charge in [0.05, 0.1) is 22.4 Å². The van der Waals surface area contributed by atoms with Crippen molar-refractivity contribution in [3.63, 3.8) is 0 Å². The molecule has 3 aromatic heterocycles. The van der Waals surface area contributed by atoms with Crippen LogP contribution in [-0.4, -0.2) is 26.8 Å². The molecule has 0 atom stereocenters. The van der Waals surface area contributed by atoms with Gasteiger partial charge in [-0.15, -0.1) is 0 Å². The van der Waals surface area contributed by atoms with Gasteiger partial charge in [-0.25, -0.2) is 22.5 Å². The topological polar surface area (TPSA) is 101 Å². The monoisotopic (exact) mass is 511 g/mol. The van der Waals surface area contributed by atoms with E-state index in [1.54, 1.807) is 36.0 Å². The molecule has 3 heterocycles. The van der Waals surface area contributed by atoms with E-state index in [1.807, 2.05) is 0 Å². The van der Waals surface area contributed by atoms with Crippen molar-refractivity contribution < 1.29 is 27.1 Å². The molecular formula is C26H21F4N5O2. The summed E-state index contributed by atoms with van der Waals surface area (Å²) < 4.78 is 64.9. The highest BCUT2D eigenvalue weighted by atomic mass is 19.3. The van der Waals surface area contributed by atoms with Crippen LogP contribution in [0, 0.1) is 11.6 Å². The molecule has 0 unspecified atom stereocenters. The van der Waals surface area contributed by atoms with Crippen LogP contribution in [0.5, 0.6) is 0 Å². The summed E-state index contributed by atoms with van der Waals surface area (Å²) in [6.07, 6.45) is -1.32. The van der Waals surface area contributed by atoms with Crippen LogP contribution in [0.3, 0.4) is 0 Å². The molecular weight excluding hydrogens is 490 g/mol. The Labute approximate surface area is 207 Å². The number of imidazole rings is 1. The number of ether oxygens (including phenoxy) is 1. The third kappa shape index (κ3) is 3.78. The molecule has 0 amide bonds. The number of nitrogen functional groups attached to an aromatic ring is 2. The maximum atomic E-state index is 14.3. The van der Waals surface area contributed by atoms with E-state index in [1.165, 1.54) is 23.6 Å². The summed E-state index contributed by atoms with van der Waals surface area (Å²) in [4.78, 5) is 17.6. The lowest BCUT2D eigenvalue weighted by atomic mass is 9.96. The van der Waals surface area contributed by atoms with Gasteiger partial charge >= 0.3 is 0 Å². The number of anilines is 2. The summed E-state index contributed by atoms with van der Waals surface area (Å²) in [7, 11) is 3.19. The highest BCUT2D eigenvalue weighted by Gasteiger charge is 2.25. The maximum absolute atomic E-state index is 14.3. The van der Waals surface area contributed by atoms with Gasteiger partial charge in [-0.2, -0.15) is 0 Å². The fraction of sp³-hybridized carbons (Fsp3) is 0.154. The Morgan fingerprint density at radius 3 is 2.41 bits per heavy atom. The zero-order valence-electron chi connectivity index (χ0n) is 19.7. The van der Waals surface area contributed by atoms with E-state index in [0.29, 0.717) is 27.9 Å². The number of aromatic nitrogens is 3. The number of rotatable bonds is 6. The minimum atomic E-state index is -2.86. The first-order valence-corrected chi connectivity index (χ1v) is 11.1. The first-order chi connectivity index (χ1) is 17.6. The summed E-state index contributed by atoms with van der Waals surface area (Å²) in [5.41, 5.74) is 12.2. The van der Waals surface area contributed by atoms with E-state index < -0.39 is 29.5 Å². The molecule has 0 saturated heterocycles. The quantitative estimate of drug-likeness (QED) is 0.184. The van der Waals surface area contributed by atoms with Crippen LogP contribution in [0.15, 0.2) is 48.7 Å². The lowest BCUT2D eigenvalue weighted by Gasteiger charge is -2.15. The normalized spacial score (nSPS) is 11.8. The second kappa shape index (κ2) is 8.93. The van der Waals surface area contributed by atoms with Gasteiger partial charge in [0.1, 0.15) is 35.3 Å². The van der Waals surface area contributed by atoms with Crippen molar-refractivity contribution in [3.05, 3.63) is 82.9 Å². The average Bonchev–Trinajstić information content (AvgIpc) is 3.44. The van der Waals surface area contributed by atoms with Crippen LogP contribution in [0.25, 0.3) is 27.7 Å². The van der Waals surface area contributed by atoms with E-state index in [2.05, 4.69) is 4.98 Å². The Bertz CT molecular complexity index is 1680. The molecule has 0 radical (unpaired) electrons. The maximum Gasteiger partial charge on any atom is 0.264 e. The summed E-state index contributed by atoms with van der Waals surface area (Å²) in [5.74, 6) is -2.29. The van der Waals surface area contributed by atoms with E-state index in [-0.39, 0.29) is 34.7 Å². The average molecular weight is 511 g/mol. The highest BCUT2D eigenvalue weighted by Crippen LogP contribution is 2.42. The number of fused-ring (bicyclic) bond motifs is 2. The molecule has 190 valence electrons. The number of nitrogens with two attached hydrogens (primary N) is 2. The number of benzene rings is 2. The predicted molar refractivity (Wildman–Crippen MR) is 131 cm³/mol. The third-order valence-corrected chi connectivity index (χ3v) is 6.38. The van der Waals surface area contributed by atoms with Crippen molar-refractivity contribution in [2.75, 3.05) is 18.6 Å². The molecule has 0 fully saturated rings. The van der Waals surface area contributed by atoms with Crippen LogP contribution in [0.1, 0.15) is 33.9 Å². The number of carbonyl (C=O) groups is 1. The smallest absolute Gasteiger partial charge is 0.264 e. The lowest BCUT2D eigenvalue weighted by Crippen LogP contribution is -2.08. The first kappa shape index (κ1) is 24.3. The predicted octanol–water partition coefficient (Wildman–Crippen LogP) is 5.25. The molecule has 0 aliphatic rings. The van der Waals surface area contributed by atoms with Crippen molar-refractivity contribution in [2.24, 2.45) is 7.05 Å². The molecule has 5 rings (SSSR count). The molecule has 11 heteroatoms.